The van der Waals surface area contributed by atoms with Gasteiger partial charge in [-0.1, -0.05) is 37.3 Å². The molecule has 1 aromatic carbocycles. The zero-order valence-electron chi connectivity index (χ0n) is 12.1. The smallest absolute Gasteiger partial charge is 0.317 e. The molecule has 0 aliphatic carbocycles. The Hall–Kier alpha value is -1.55. The fraction of sp³-hybridized carbons (Fsp3) is 0.562. The number of aliphatic hydroxyl groups excluding tert-OH is 1. The summed E-state index contributed by atoms with van der Waals surface area (Å²) >= 11 is 0. The first kappa shape index (κ1) is 14.9. The molecule has 0 saturated carbocycles. The molecule has 1 unspecified atom stereocenters. The van der Waals surface area contributed by atoms with Crippen LogP contribution in [0.4, 0.5) is 4.79 Å². The van der Waals surface area contributed by atoms with Gasteiger partial charge >= 0.3 is 6.03 Å². The molecule has 1 fully saturated rings. The molecule has 2 rings (SSSR count). The van der Waals surface area contributed by atoms with Crippen LogP contribution in [0.1, 0.15) is 25.3 Å². The number of benzene rings is 1. The molecule has 0 bridgehead atoms. The standard InChI is InChI=1S/C16H24N2O2/c1-13-6-5-9-18(11-13)16(20)17-15(12-19)10-14-7-3-2-4-8-14/h2-4,7-8,13,15,19H,5-6,9-12H2,1H3,(H,17,20)/t13?,15-/m1/s1. The van der Waals surface area contributed by atoms with Crippen molar-refractivity contribution in [3.05, 3.63) is 35.9 Å². The van der Waals surface area contributed by atoms with E-state index in [4.69, 9.17) is 0 Å². The normalized spacial score (nSPS) is 20.5. The quantitative estimate of drug-likeness (QED) is 0.884. The number of carbonyl (C=O) groups is 1. The molecular weight excluding hydrogens is 252 g/mol. The van der Waals surface area contributed by atoms with Crippen molar-refractivity contribution in [1.29, 1.82) is 0 Å². The second kappa shape index (κ2) is 7.29. The van der Waals surface area contributed by atoms with Crippen molar-refractivity contribution in [1.82, 2.24) is 10.2 Å². The maximum atomic E-state index is 12.2. The monoisotopic (exact) mass is 276 g/mol. The van der Waals surface area contributed by atoms with Crippen LogP contribution in [0.3, 0.4) is 0 Å². The first-order valence-corrected chi connectivity index (χ1v) is 7.39. The second-order valence-electron chi connectivity index (χ2n) is 5.71. The molecule has 1 saturated heterocycles. The number of nitrogens with one attached hydrogen (secondary N) is 1. The Kier molecular flexibility index (Phi) is 5.41. The Morgan fingerprint density at radius 1 is 1.45 bits per heavy atom. The fourth-order valence-corrected chi connectivity index (χ4v) is 2.70. The van der Waals surface area contributed by atoms with Gasteiger partial charge in [-0.25, -0.2) is 4.79 Å². The van der Waals surface area contributed by atoms with Crippen molar-refractivity contribution in [3.8, 4) is 0 Å². The lowest BCUT2D eigenvalue weighted by Gasteiger charge is -2.32. The summed E-state index contributed by atoms with van der Waals surface area (Å²) in [6, 6.07) is 9.66. The largest absolute Gasteiger partial charge is 0.394 e. The van der Waals surface area contributed by atoms with E-state index in [0.29, 0.717) is 12.3 Å². The SMILES string of the molecule is CC1CCCN(C(=O)N[C@@H](CO)Cc2ccccc2)C1. The van der Waals surface area contributed by atoms with E-state index < -0.39 is 0 Å². The lowest BCUT2D eigenvalue weighted by molar-refractivity contribution is 0.158. The van der Waals surface area contributed by atoms with Gasteiger partial charge in [0.25, 0.3) is 0 Å². The lowest BCUT2D eigenvalue weighted by atomic mass is 10.0. The Morgan fingerprint density at radius 3 is 2.85 bits per heavy atom. The Labute approximate surface area is 120 Å². The summed E-state index contributed by atoms with van der Waals surface area (Å²) < 4.78 is 0. The van der Waals surface area contributed by atoms with Crippen LogP contribution in [0.25, 0.3) is 0 Å². The summed E-state index contributed by atoms with van der Waals surface area (Å²) in [4.78, 5) is 14.1. The number of carbonyl (C=O) groups excluding carboxylic acids is 1. The zero-order valence-corrected chi connectivity index (χ0v) is 12.1. The zero-order chi connectivity index (χ0) is 14.4. The van der Waals surface area contributed by atoms with Crippen LogP contribution < -0.4 is 5.32 Å². The molecule has 110 valence electrons. The highest BCUT2D eigenvalue weighted by Gasteiger charge is 2.22. The van der Waals surface area contributed by atoms with E-state index >= 15 is 0 Å². The predicted octanol–water partition coefficient (Wildman–Crippen LogP) is 2.03. The molecule has 2 N–H and O–H groups in total. The third kappa shape index (κ3) is 4.23. The van der Waals surface area contributed by atoms with E-state index in [9.17, 15) is 9.90 Å². The molecule has 0 aromatic heterocycles. The number of aliphatic hydroxyl groups is 1. The lowest BCUT2D eigenvalue weighted by Crippen LogP contribution is -2.49. The van der Waals surface area contributed by atoms with Crippen LogP contribution in [0.15, 0.2) is 30.3 Å². The van der Waals surface area contributed by atoms with Crippen LogP contribution in [0, 0.1) is 5.92 Å². The summed E-state index contributed by atoms with van der Waals surface area (Å²) in [5.41, 5.74) is 1.12. The summed E-state index contributed by atoms with van der Waals surface area (Å²) in [6.07, 6.45) is 2.92. The fourth-order valence-electron chi connectivity index (χ4n) is 2.70. The van der Waals surface area contributed by atoms with E-state index in [0.717, 1.165) is 25.1 Å². The number of hydrogen-bond donors (Lipinski definition) is 2. The number of amides is 2. The highest BCUT2D eigenvalue weighted by atomic mass is 16.3. The maximum absolute atomic E-state index is 12.2. The number of hydrogen-bond acceptors (Lipinski definition) is 2. The van der Waals surface area contributed by atoms with Crippen molar-refractivity contribution in [2.24, 2.45) is 5.92 Å². The van der Waals surface area contributed by atoms with Gasteiger partial charge in [-0.15, -0.1) is 0 Å². The second-order valence-corrected chi connectivity index (χ2v) is 5.71. The predicted molar refractivity (Wildman–Crippen MR) is 79.5 cm³/mol. The van der Waals surface area contributed by atoms with Gasteiger partial charge in [0.1, 0.15) is 0 Å². The highest BCUT2D eigenvalue weighted by molar-refractivity contribution is 5.74. The summed E-state index contributed by atoms with van der Waals surface area (Å²) in [5.74, 6) is 0.566. The van der Waals surface area contributed by atoms with Crippen molar-refractivity contribution in [3.63, 3.8) is 0 Å². The van der Waals surface area contributed by atoms with Gasteiger partial charge in [-0.05, 0) is 30.7 Å². The van der Waals surface area contributed by atoms with Gasteiger partial charge in [-0.3, -0.25) is 0 Å². The number of urea groups is 1. The van der Waals surface area contributed by atoms with Crippen LogP contribution in [0.2, 0.25) is 0 Å². The molecule has 0 radical (unpaired) electrons. The Morgan fingerprint density at radius 2 is 2.20 bits per heavy atom. The van der Waals surface area contributed by atoms with Crippen molar-refractivity contribution in [2.75, 3.05) is 19.7 Å². The van der Waals surface area contributed by atoms with Gasteiger partial charge in [0.05, 0.1) is 12.6 Å². The summed E-state index contributed by atoms with van der Waals surface area (Å²) in [6.45, 7) is 3.77. The van der Waals surface area contributed by atoms with Gasteiger partial charge in [-0.2, -0.15) is 0 Å². The minimum Gasteiger partial charge on any atom is -0.394 e. The maximum Gasteiger partial charge on any atom is 0.317 e. The third-order valence-corrected chi connectivity index (χ3v) is 3.82. The summed E-state index contributed by atoms with van der Waals surface area (Å²) in [5, 5.41) is 12.4. The average molecular weight is 276 g/mol. The van der Waals surface area contributed by atoms with E-state index in [1.54, 1.807) is 0 Å². The number of piperidine rings is 1. The topological polar surface area (TPSA) is 52.6 Å². The molecule has 1 aliphatic rings. The van der Waals surface area contributed by atoms with Crippen molar-refractivity contribution >= 4 is 6.03 Å². The van der Waals surface area contributed by atoms with Gasteiger partial charge in [0.2, 0.25) is 0 Å². The molecule has 1 aliphatic heterocycles. The Bertz CT molecular complexity index is 422. The average Bonchev–Trinajstić information content (AvgIpc) is 2.47. The van der Waals surface area contributed by atoms with Crippen LogP contribution in [0.5, 0.6) is 0 Å². The number of likely N-dealkylation sites (tertiary alicyclic amines) is 1. The molecule has 4 nitrogen and oxygen atoms in total. The minimum atomic E-state index is -0.220. The molecule has 2 amide bonds. The van der Waals surface area contributed by atoms with E-state index in [1.165, 1.54) is 6.42 Å². The molecular formula is C16H24N2O2. The van der Waals surface area contributed by atoms with Gasteiger partial charge in [0, 0.05) is 13.1 Å². The first-order chi connectivity index (χ1) is 9.69. The molecule has 1 aromatic rings. The van der Waals surface area contributed by atoms with Crippen LogP contribution in [-0.4, -0.2) is 41.8 Å². The number of nitrogens with zero attached hydrogens (tertiary/aromatic N) is 1. The third-order valence-electron chi connectivity index (χ3n) is 3.82. The minimum absolute atomic E-state index is 0.0377. The molecule has 2 atom stereocenters. The van der Waals surface area contributed by atoms with Gasteiger partial charge in [0.15, 0.2) is 0 Å². The molecule has 1 heterocycles. The van der Waals surface area contributed by atoms with Crippen LogP contribution >= 0.6 is 0 Å². The Balaban J connectivity index is 1.87. The number of rotatable bonds is 4. The summed E-state index contributed by atoms with van der Waals surface area (Å²) in [7, 11) is 0. The van der Waals surface area contributed by atoms with Crippen molar-refractivity contribution < 1.29 is 9.90 Å². The van der Waals surface area contributed by atoms with E-state index in [2.05, 4.69) is 12.2 Å². The molecule has 0 spiro atoms. The highest BCUT2D eigenvalue weighted by Crippen LogP contribution is 2.15. The molecule has 20 heavy (non-hydrogen) atoms. The first-order valence-electron chi connectivity index (χ1n) is 7.39. The van der Waals surface area contributed by atoms with Gasteiger partial charge < -0.3 is 15.3 Å². The van der Waals surface area contributed by atoms with Crippen LogP contribution in [-0.2, 0) is 6.42 Å². The van der Waals surface area contributed by atoms with E-state index in [1.807, 2.05) is 35.2 Å². The van der Waals surface area contributed by atoms with E-state index in [-0.39, 0.29) is 18.7 Å². The van der Waals surface area contributed by atoms with Crippen molar-refractivity contribution in [2.45, 2.75) is 32.2 Å². The molecule has 4 heteroatoms.